The minimum absolute atomic E-state index is 0.141. The molecule has 1 N–H and O–H groups in total. The molecule has 1 amide bonds. The van der Waals surface area contributed by atoms with E-state index in [1.807, 2.05) is 31.2 Å². The number of amides is 1. The van der Waals surface area contributed by atoms with E-state index in [-0.39, 0.29) is 5.91 Å². The van der Waals surface area contributed by atoms with Crippen molar-refractivity contribution in [3.63, 3.8) is 0 Å². The van der Waals surface area contributed by atoms with E-state index in [4.69, 9.17) is 17.4 Å². The summed E-state index contributed by atoms with van der Waals surface area (Å²) in [5.41, 5.74) is 8.99. The fourth-order valence-corrected chi connectivity index (χ4v) is 5.29. The summed E-state index contributed by atoms with van der Waals surface area (Å²) in [5.74, 6) is 0.941. The Bertz CT molecular complexity index is 1560. The van der Waals surface area contributed by atoms with Crippen LogP contribution >= 0.6 is 25.4 Å². The molecule has 1 atom stereocenters. The number of hydrogen-bond donors (Lipinski definition) is 1. The van der Waals surface area contributed by atoms with Gasteiger partial charge in [-0.3, -0.25) is 4.79 Å². The quantitative estimate of drug-likeness (QED) is 0.219. The van der Waals surface area contributed by atoms with Crippen molar-refractivity contribution in [2.45, 2.75) is 39.2 Å². The SMILES string of the molecule is CNC(=O)c1c(-c2ccc(C)cc2)oc2cc(N(C)c3cc(C)c(Br)c(COP)c3)c(C3CC3)cc12.O=S=O. The van der Waals surface area contributed by atoms with Crippen LogP contribution < -0.4 is 10.2 Å². The standard InChI is InChI=1S/C29H30BrN2O3P.O2S/c1-16-5-7-19(8-6-16)28-26(29(33)31-3)23-13-22(18-9-10-18)24(14-25(23)35-28)32(4)21-11-17(2)27(30)20(12-21)15-34-36;1-3-2/h5-8,11-14,18H,9-10,15,36H2,1-4H3,(H,31,33);. The smallest absolute Gasteiger partial charge is 0.335 e. The van der Waals surface area contributed by atoms with E-state index < -0.39 is 11.6 Å². The van der Waals surface area contributed by atoms with Gasteiger partial charge in [0.15, 0.2) is 0 Å². The number of nitrogens with one attached hydrogen (secondary N) is 1. The Hall–Kier alpha value is -2.84. The summed E-state index contributed by atoms with van der Waals surface area (Å²) in [6.07, 6.45) is 2.30. The van der Waals surface area contributed by atoms with Crippen molar-refractivity contribution in [2.24, 2.45) is 0 Å². The van der Waals surface area contributed by atoms with Gasteiger partial charge in [-0.1, -0.05) is 45.8 Å². The molecule has 1 heterocycles. The van der Waals surface area contributed by atoms with Crippen LogP contribution in [0.1, 0.15) is 51.4 Å². The number of fused-ring (bicyclic) bond motifs is 1. The number of rotatable bonds is 7. The molecule has 0 spiro atoms. The van der Waals surface area contributed by atoms with Crippen molar-refractivity contribution >= 4 is 65.2 Å². The topological polar surface area (TPSA) is 88.8 Å². The maximum atomic E-state index is 13.1. The lowest BCUT2D eigenvalue weighted by Crippen LogP contribution is -2.18. The van der Waals surface area contributed by atoms with Crippen LogP contribution in [-0.2, 0) is 22.7 Å². The molecule has 0 radical (unpaired) electrons. The molecule has 5 rings (SSSR count). The molecule has 1 unspecified atom stereocenters. The fourth-order valence-electron chi connectivity index (χ4n) is 4.77. The van der Waals surface area contributed by atoms with Gasteiger partial charge in [0.25, 0.3) is 5.91 Å². The number of furan rings is 1. The minimum Gasteiger partial charge on any atom is -0.455 e. The highest BCUT2D eigenvalue weighted by Gasteiger charge is 2.31. The number of halogens is 1. The van der Waals surface area contributed by atoms with Crippen LogP contribution in [0.4, 0.5) is 11.4 Å². The number of benzene rings is 3. The maximum absolute atomic E-state index is 13.1. The van der Waals surface area contributed by atoms with Crippen LogP contribution in [0.15, 0.2) is 57.4 Å². The summed E-state index contributed by atoms with van der Waals surface area (Å²) in [6.45, 7) is 4.64. The van der Waals surface area contributed by atoms with Gasteiger partial charge in [-0.25, -0.2) is 0 Å². The maximum Gasteiger partial charge on any atom is 0.335 e. The van der Waals surface area contributed by atoms with Crippen molar-refractivity contribution in [1.82, 2.24) is 5.32 Å². The first kappa shape index (κ1) is 29.2. The molecule has 0 aliphatic heterocycles. The highest BCUT2D eigenvalue weighted by Crippen LogP contribution is 2.48. The van der Waals surface area contributed by atoms with Crippen molar-refractivity contribution in [3.05, 3.63) is 80.8 Å². The van der Waals surface area contributed by atoms with Crippen LogP contribution in [0.25, 0.3) is 22.3 Å². The zero-order chi connectivity index (χ0) is 28.3. The summed E-state index contributed by atoms with van der Waals surface area (Å²) in [4.78, 5) is 15.3. The van der Waals surface area contributed by atoms with Crippen LogP contribution in [0.3, 0.4) is 0 Å². The molecule has 39 heavy (non-hydrogen) atoms. The predicted molar refractivity (Wildman–Crippen MR) is 162 cm³/mol. The Morgan fingerprint density at radius 1 is 1.15 bits per heavy atom. The normalized spacial score (nSPS) is 12.6. The van der Waals surface area contributed by atoms with E-state index in [2.05, 4.69) is 73.9 Å². The zero-order valence-electron chi connectivity index (χ0n) is 22.2. The van der Waals surface area contributed by atoms with Crippen LogP contribution in [0, 0.1) is 13.8 Å². The molecular formula is C29H30BrN2O5PS. The van der Waals surface area contributed by atoms with Gasteiger partial charge in [0.05, 0.1) is 12.2 Å². The van der Waals surface area contributed by atoms with Gasteiger partial charge < -0.3 is 19.2 Å². The molecule has 7 nitrogen and oxygen atoms in total. The number of nitrogens with zero attached hydrogens (tertiary/aromatic N) is 1. The summed E-state index contributed by atoms with van der Waals surface area (Å²) in [5, 5.41) is 3.67. The third-order valence-electron chi connectivity index (χ3n) is 6.92. The average molecular weight is 630 g/mol. The molecule has 1 fully saturated rings. The molecule has 0 bridgehead atoms. The summed E-state index contributed by atoms with van der Waals surface area (Å²) in [7, 11) is 6.07. The molecule has 1 saturated carbocycles. The number of anilines is 2. The Balaban J connectivity index is 0.00000112. The second-order valence-electron chi connectivity index (χ2n) is 9.61. The van der Waals surface area contributed by atoms with Gasteiger partial charge >= 0.3 is 11.6 Å². The lowest BCUT2D eigenvalue weighted by molar-refractivity contribution is 0.0964. The first-order valence-corrected chi connectivity index (χ1v) is 14.3. The summed E-state index contributed by atoms with van der Waals surface area (Å²) in [6, 6.07) is 16.7. The van der Waals surface area contributed by atoms with Gasteiger partial charge in [0.2, 0.25) is 0 Å². The second-order valence-corrected chi connectivity index (χ2v) is 10.9. The van der Waals surface area contributed by atoms with E-state index in [9.17, 15) is 4.79 Å². The lowest BCUT2D eigenvalue weighted by atomic mass is 9.99. The average Bonchev–Trinajstić information content (AvgIpc) is 3.71. The first-order chi connectivity index (χ1) is 18.7. The molecule has 10 heteroatoms. The highest BCUT2D eigenvalue weighted by molar-refractivity contribution is 9.10. The number of aryl methyl sites for hydroxylation is 2. The van der Waals surface area contributed by atoms with E-state index in [1.54, 1.807) is 7.05 Å². The number of carbonyl (C=O) groups is 1. The lowest BCUT2D eigenvalue weighted by Gasteiger charge is -2.24. The Kier molecular flexibility index (Phi) is 9.39. The van der Waals surface area contributed by atoms with E-state index >= 15 is 0 Å². The van der Waals surface area contributed by atoms with Crippen molar-refractivity contribution in [2.75, 3.05) is 19.0 Å². The van der Waals surface area contributed by atoms with E-state index in [0.29, 0.717) is 29.4 Å². The largest absolute Gasteiger partial charge is 0.455 e. The minimum atomic E-state index is -0.750. The Morgan fingerprint density at radius 2 is 1.82 bits per heavy atom. The Morgan fingerprint density at radius 3 is 2.41 bits per heavy atom. The number of hydrogen-bond acceptors (Lipinski definition) is 6. The van der Waals surface area contributed by atoms with Gasteiger partial charge in [0, 0.05) is 56.4 Å². The van der Waals surface area contributed by atoms with E-state index in [1.165, 1.54) is 5.56 Å². The summed E-state index contributed by atoms with van der Waals surface area (Å²) >= 11 is 2.95. The van der Waals surface area contributed by atoms with Gasteiger partial charge in [-0.05, 0) is 67.5 Å². The van der Waals surface area contributed by atoms with Crippen molar-refractivity contribution < 1.29 is 22.2 Å². The van der Waals surface area contributed by atoms with Gasteiger partial charge in [0.1, 0.15) is 11.3 Å². The zero-order valence-corrected chi connectivity index (χ0v) is 25.7. The molecule has 3 aromatic carbocycles. The molecule has 204 valence electrons. The predicted octanol–water partition coefficient (Wildman–Crippen LogP) is 7.12. The molecule has 1 aliphatic rings. The van der Waals surface area contributed by atoms with Crippen molar-refractivity contribution in [1.29, 1.82) is 0 Å². The van der Waals surface area contributed by atoms with Gasteiger partial charge in [-0.15, -0.1) is 0 Å². The fraction of sp³-hybridized carbons (Fsp3) is 0.276. The van der Waals surface area contributed by atoms with E-state index in [0.717, 1.165) is 56.3 Å². The molecular weight excluding hydrogens is 599 g/mol. The van der Waals surface area contributed by atoms with Crippen molar-refractivity contribution in [3.8, 4) is 11.3 Å². The number of carbonyl (C=O) groups excluding carboxylic acids is 1. The third-order valence-corrected chi connectivity index (χ3v) is 8.23. The second kappa shape index (κ2) is 12.6. The summed E-state index contributed by atoms with van der Waals surface area (Å²) < 4.78 is 29.4. The molecule has 1 aliphatic carbocycles. The van der Waals surface area contributed by atoms with Crippen LogP contribution in [0.2, 0.25) is 0 Å². The monoisotopic (exact) mass is 628 g/mol. The van der Waals surface area contributed by atoms with Gasteiger partial charge in [-0.2, -0.15) is 8.42 Å². The highest BCUT2D eigenvalue weighted by atomic mass is 79.9. The molecule has 0 saturated heterocycles. The van der Waals surface area contributed by atoms with Crippen LogP contribution in [-0.4, -0.2) is 28.4 Å². The first-order valence-electron chi connectivity index (χ1n) is 12.4. The molecule has 1 aromatic heterocycles. The third kappa shape index (κ3) is 6.17. The Labute approximate surface area is 242 Å². The van der Waals surface area contributed by atoms with Crippen LogP contribution in [0.5, 0.6) is 0 Å². The molecule has 4 aromatic rings.